The van der Waals surface area contributed by atoms with Gasteiger partial charge in [0, 0.05) is 18.5 Å². The number of carbonyl (C=O) groups is 1. The van der Waals surface area contributed by atoms with Crippen LogP contribution in [-0.2, 0) is 21.4 Å². The van der Waals surface area contributed by atoms with Crippen LogP contribution in [0.1, 0.15) is 12.8 Å². The maximum Gasteiger partial charge on any atom is 0.247 e. The summed E-state index contributed by atoms with van der Waals surface area (Å²) in [7, 11) is -3.52. The van der Waals surface area contributed by atoms with Crippen LogP contribution >= 0.6 is 11.3 Å². The van der Waals surface area contributed by atoms with E-state index in [1.165, 1.54) is 26.5 Å². The summed E-state index contributed by atoms with van der Waals surface area (Å²) in [5.74, 6) is -0.352. The molecule has 0 unspecified atom stereocenters. The van der Waals surface area contributed by atoms with Gasteiger partial charge in [0.25, 0.3) is 0 Å². The van der Waals surface area contributed by atoms with Crippen molar-refractivity contribution in [3.8, 4) is 0 Å². The van der Waals surface area contributed by atoms with Gasteiger partial charge in [0.05, 0.1) is 26.8 Å². The molecule has 164 valence electrons. The average molecular weight is 470 g/mol. The van der Waals surface area contributed by atoms with Crippen molar-refractivity contribution in [1.29, 1.82) is 0 Å². The number of fused-ring (bicyclic) bond motifs is 2. The molecule has 1 saturated heterocycles. The molecule has 1 aliphatic rings. The van der Waals surface area contributed by atoms with E-state index in [-0.39, 0.29) is 22.8 Å². The topological polar surface area (TPSA) is 114 Å². The summed E-state index contributed by atoms with van der Waals surface area (Å²) in [6.07, 6.45) is 2.94. The number of anilines is 1. The third kappa shape index (κ3) is 3.78. The van der Waals surface area contributed by atoms with Crippen LogP contribution in [0.25, 0.3) is 21.1 Å². The number of benzene rings is 2. The Balaban J connectivity index is 1.37. The SMILES string of the molecule is O=C(Cn1ncc(=O)c2ccccc21)Nc1nc2ccc(S(=O)(=O)N3CCCC3)cc2s1. The number of sulfonamides is 1. The molecule has 2 aromatic carbocycles. The first kappa shape index (κ1) is 20.7. The van der Waals surface area contributed by atoms with Gasteiger partial charge in [-0.1, -0.05) is 23.5 Å². The highest BCUT2D eigenvalue weighted by Gasteiger charge is 2.27. The maximum atomic E-state index is 12.8. The summed E-state index contributed by atoms with van der Waals surface area (Å²) in [5.41, 5.74) is 0.969. The highest BCUT2D eigenvalue weighted by molar-refractivity contribution is 7.89. The molecule has 2 aromatic heterocycles. The van der Waals surface area contributed by atoms with Crippen LogP contribution in [0.3, 0.4) is 0 Å². The van der Waals surface area contributed by atoms with Crippen LogP contribution in [-0.4, -0.2) is 46.5 Å². The summed E-state index contributed by atoms with van der Waals surface area (Å²) in [5, 5.41) is 7.66. The quantitative estimate of drug-likeness (QED) is 0.480. The minimum absolute atomic E-state index is 0.0920. The number of thiazole rings is 1. The minimum Gasteiger partial charge on any atom is -0.300 e. The number of amides is 1. The van der Waals surface area contributed by atoms with Gasteiger partial charge < -0.3 is 5.32 Å². The van der Waals surface area contributed by atoms with Crippen molar-refractivity contribution < 1.29 is 13.2 Å². The lowest BCUT2D eigenvalue weighted by molar-refractivity contribution is -0.116. The van der Waals surface area contributed by atoms with Crippen molar-refractivity contribution in [2.45, 2.75) is 24.3 Å². The second-order valence-corrected chi connectivity index (χ2v) is 10.5. The van der Waals surface area contributed by atoms with Gasteiger partial charge in [-0.05, 0) is 43.2 Å². The molecule has 9 nitrogen and oxygen atoms in total. The summed E-state index contributed by atoms with van der Waals surface area (Å²) in [6, 6.07) is 11.8. The molecule has 32 heavy (non-hydrogen) atoms. The fraction of sp³-hybridized carbons (Fsp3) is 0.238. The third-order valence-electron chi connectivity index (χ3n) is 5.36. The van der Waals surface area contributed by atoms with Crippen LogP contribution in [0.15, 0.2) is 58.4 Å². The Morgan fingerprint density at radius 1 is 1.12 bits per heavy atom. The molecule has 1 aliphatic heterocycles. The summed E-state index contributed by atoms with van der Waals surface area (Å²) in [4.78, 5) is 29.2. The van der Waals surface area contributed by atoms with Gasteiger partial charge in [0.2, 0.25) is 21.4 Å². The van der Waals surface area contributed by atoms with Crippen molar-refractivity contribution in [2.75, 3.05) is 18.4 Å². The molecule has 1 fully saturated rings. The Morgan fingerprint density at radius 2 is 1.91 bits per heavy atom. The van der Waals surface area contributed by atoms with Gasteiger partial charge in [-0.25, -0.2) is 13.4 Å². The largest absolute Gasteiger partial charge is 0.300 e. The molecule has 0 atom stereocenters. The fourth-order valence-corrected chi connectivity index (χ4v) is 6.32. The van der Waals surface area contributed by atoms with Crippen molar-refractivity contribution in [1.82, 2.24) is 19.1 Å². The van der Waals surface area contributed by atoms with E-state index in [1.807, 2.05) is 0 Å². The highest BCUT2D eigenvalue weighted by atomic mass is 32.2. The molecule has 5 rings (SSSR count). The smallest absolute Gasteiger partial charge is 0.247 e. The second kappa shape index (κ2) is 8.08. The van der Waals surface area contributed by atoms with Crippen LogP contribution in [0.2, 0.25) is 0 Å². The van der Waals surface area contributed by atoms with E-state index in [0.717, 1.165) is 12.8 Å². The molecule has 0 spiro atoms. The van der Waals surface area contributed by atoms with Crippen molar-refractivity contribution in [2.24, 2.45) is 0 Å². The highest BCUT2D eigenvalue weighted by Crippen LogP contribution is 2.30. The number of hydrogen-bond acceptors (Lipinski definition) is 7. The van der Waals surface area contributed by atoms with E-state index in [1.54, 1.807) is 42.5 Å². The van der Waals surface area contributed by atoms with E-state index >= 15 is 0 Å². The first-order valence-corrected chi connectivity index (χ1v) is 12.3. The maximum absolute atomic E-state index is 12.8. The molecule has 0 radical (unpaired) electrons. The van der Waals surface area contributed by atoms with Gasteiger partial charge in [0.15, 0.2) is 5.13 Å². The average Bonchev–Trinajstić information content (AvgIpc) is 3.45. The molecule has 0 saturated carbocycles. The Bertz CT molecular complexity index is 1500. The fourth-order valence-electron chi connectivity index (χ4n) is 3.78. The second-order valence-electron chi connectivity index (χ2n) is 7.49. The molecular formula is C21H19N5O4S2. The standard InChI is InChI=1S/C21H19N5O4S2/c27-18-12-22-26(17-6-2-1-5-15(17)18)13-20(28)24-21-23-16-8-7-14(11-19(16)31-21)32(29,30)25-9-3-4-10-25/h1-2,5-8,11-12H,3-4,9-10,13H2,(H,23,24,28). The molecule has 11 heteroatoms. The van der Waals surface area contributed by atoms with Gasteiger partial charge in [-0.2, -0.15) is 9.40 Å². The zero-order valence-electron chi connectivity index (χ0n) is 16.9. The number of nitrogens with one attached hydrogen (secondary N) is 1. The van der Waals surface area contributed by atoms with Gasteiger partial charge in [0.1, 0.15) is 6.54 Å². The van der Waals surface area contributed by atoms with Crippen molar-refractivity contribution in [3.05, 3.63) is 58.9 Å². The lowest BCUT2D eigenvalue weighted by atomic mass is 10.2. The van der Waals surface area contributed by atoms with E-state index in [4.69, 9.17) is 0 Å². The Labute approximate surface area is 187 Å². The predicted molar refractivity (Wildman–Crippen MR) is 122 cm³/mol. The van der Waals surface area contributed by atoms with Crippen LogP contribution in [0.4, 0.5) is 5.13 Å². The predicted octanol–water partition coefficient (Wildman–Crippen LogP) is 2.43. The van der Waals surface area contributed by atoms with Crippen molar-refractivity contribution >= 4 is 53.5 Å². The molecule has 0 aliphatic carbocycles. The number of carbonyl (C=O) groups excluding carboxylic acids is 1. The Hall–Kier alpha value is -3.15. The monoisotopic (exact) mass is 469 g/mol. The Morgan fingerprint density at radius 3 is 2.72 bits per heavy atom. The van der Waals surface area contributed by atoms with E-state index in [9.17, 15) is 18.0 Å². The molecule has 1 amide bonds. The van der Waals surface area contributed by atoms with E-state index < -0.39 is 10.0 Å². The minimum atomic E-state index is -3.52. The molecular weight excluding hydrogens is 450 g/mol. The van der Waals surface area contributed by atoms with E-state index in [0.29, 0.717) is 39.3 Å². The first-order valence-electron chi connectivity index (χ1n) is 10.1. The number of aromatic nitrogens is 3. The third-order valence-corrected chi connectivity index (χ3v) is 8.19. The van der Waals surface area contributed by atoms with Crippen LogP contribution in [0, 0.1) is 0 Å². The normalized spacial score (nSPS) is 14.9. The summed E-state index contributed by atoms with van der Waals surface area (Å²) in [6.45, 7) is 0.988. The number of hydrogen-bond donors (Lipinski definition) is 1. The lowest BCUT2D eigenvalue weighted by Crippen LogP contribution is -2.27. The van der Waals surface area contributed by atoms with Crippen molar-refractivity contribution in [3.63, 3.8) is 0 Å². The molecule has 0 bridgehead atoms. The summed E-state index contributed by atoms with van der Waals surface area (Å²) >= 11 is 1.21. The van der Waals surface area contributed by atoms with Crippen LogP contribution in [0.5, 0.6) is 0 Å². The molecule has 3 heterocycles. The molecule has 4 aromatic rings. The van der Waals surface area contributed by atoms with Gasteiger partial charge in [-0.3, -0.25) is 14.3 Å². The summed E-state index contributed by atoms with van der Waals surface area (Å²) < 4.78 is 29.2. The first-order chi connectivity index (χ1) is 15.4. The lowest BCUT2D eigenvalue weighted by Gasteiger charge is -2.15. The van der Waals surface area contributed by atoms with Crippen LogP contribution < -0.4 is 10.7 Å². The number of rotatable bonds is 5. The zero-order chi connectivity index (χ0) is 22.3. The molecule has 1 N–H and O–H groups in total. The van der Waals surface area contributed by atoms with Gasteiger partial charge in [-0.15, -0.1) is 0 Å². The number of nitrogens with zero attached hydrogens (tertiary/aromatic N) is 4. The van der Waals surface area contributed by atoms with Gasteiger partial charge >= 0.3 is 0 Å². The zero-order valence-corrected chi connectivity index (χ0v) is 18.5. The van der Waals surface area contributed by atoms with E-state index in [2.05, 4.69) is 15.4 Å². The Kier molecular flexibility index (Phi) is 5.24. The number of para-hydroxylation sites is 1.